The summed E-state index contributed by atoms with van der Waals surface area (Å²) in [5.41, 5.74) is 5.37. The summed E-state index contributed by atoms with van der Waals surface area (Å²) in [4.78, 5) is 17.4. The van der Waals surface area contributed by atoms with Crippen LogP contribution in [0.1, 0.15) is 27.3 Å². The molecule has 1 amide bonds. The van der Waals surface area contributed by atoms with Gasteiger partial charge in [0.2, 0.25) is 0 Å². The molecule has 1 aromatic carbocycles. The van der Waals surface area contributed by atoms with Crippen molar-refractivity contribution in [2.45, 2.75) is 20.8 Å². The third-order valence-corrected chi connectivity index (χ3v) is 4.69. The summed E-state index contributed by atoms with van der Waals surface area (Å²) in [7, 11) is 0. The van der Waals surface area contributed by atoms with E-state index in [-0.39, 0.29) is 5.91 Å². The monoisotopic (exact) mass is 371 g/mol. The van der Waals surface area contributed by atoms with Gasteiger partial charge in [-0.2, -0.15) is 5.10 Å². The summed E-state index contributed by atoms with van der Waals surface area (Å²) in [5, 5.41) is 7.19. The molecule has 0 aliphatic carbocycles. The quantitative estimate of drug-likeness (QED) is 0.584. The Morgan fingerprint density at radius 2 is 1.86 bits per heavy atom. The number of pyridine rings is 1. The molecule has 0 radical (unpaired) electrons. The van der Waals surface area contributed by atoms with Crippen LogP contribution >= 0.6 is 0 Å². The smallest absolute Gasteiger partial charge is 0.257 e. The molecule has 0 saturated heterocycles. The molecule has 0 bridgehead atoms. The lowest BCUT2D eigenvalue weighted by Crippen LogP contribution is -2.15. The molecule has 0 saturated carbocycles. The topological polar surface area (TPSA) is 64.7 Å². The molecule has 3 heterocycles. The maximum Gasteiger partial charge on any atom is 0.257 e. The van der Waals surface area contributed by atoms with Crippen LogP contribution in [0.2, 0.25) is 0 Å². The zero-order valence-corrected chi connectivity index (χ0v) is 16.0. The maximum absolute atomic E-state index is 13.0. The molecule has 0 atom stereocenters. The standard InChI is InChI=1S/C22H21N5O/c1-15-7-4-8-18(13-15)27-16(2)14-19(17(27)3)22(28)25-20-9-5-10-23-21(20)26-12-6-11-24-26/h4-14H,1-3H3,(H,25,28). The molecule has 0 unspecified atom stereocenters. The Hall–Kier alpha value is -3.67. The predicted molar refractivity (Wildman–Crippen MR) is 109 cm³/mol. The van der Waals surface area contributed by atoms with E-state index in [0.29, 0.717) is 17.1 Å². The van der Waals surface area contributed by atoms with Crippen LogP contribution in [0.15, 0.2) is 67.1 Å². The number of hydrogen-bond donors (Lipinski definition) is 1. The first-order valence-electron chi connectivity index (χ1n) is 9.07. The first-order valence-corrected chi connectivity index (χ1v) is 9.07. The molecule has 6 heteroatoms. The highest BCUT2D eigenvalue weighted by Crippen LogP contribution is 2.23. The van der Waals surface area contributed by atoms with Gasteiger partial charge in [0.15, 0.2) is 5.82 Å². The first kappa shape index (κ1) is 17.7. The zero-order valence-electron chi connectivity index (χ0n) is 16.0. The number of rotatable bonds is 4. The van der Waals surface area contributed by atoms with Gasteiger partial charge in [-0.3, -0.25) is 4.79 Å². The predicted octanol–water partition coefficient (Wildman–Crippen LogP) is 4.24. The van der Waals surface area contributed by atoms with E-state index in [9.17, 15) is 4.79 Å². The Bertz CT molecular complexity index is 1140. The van der Waals surface area contributed by atoms with E-state index in [1.807, 2.05) is 44.2 Å². The highest BCUT2D eigenvalue weighted by molar-refractivity contribution is 6.06. The van der Waals surface area contributed by atoms with Gasteiger partial charge >= 0.3 is 0 Å². The Balaban J connectivity index is 1.69. The number of nitrogens with one attached hydrogen (secondary N) is 1. The van der Waals surface area contributed by atoms with Crippen LogP contribution in [0, 0.1) is 20.8 Å². The molecule has 140 valence electrons. The van der Waals surface area contributed by atoms with Crippen molar-refractivity contribution >= 4 is 11.6 Å². The van der Waals surface area contributed by atoms with E-state index < -0.39 is 0 Å². The van der Waals surface area contributed by atoms with E-state index in [0.717, 1.165) is 17.1 Å². The molecule has 0 fully saturated rings. The van der Waals surface area contributed by atoms with Crippen LogP contribution in [-0.4, -0.2) is 25.2 Å². The number of hydrogen-bond acceptors (Lipinski definition) is 3. The molecule has 1 N–H and O–H groups in total. The second-order valence-electron chi connectivity index (χ2n) is 6.74. The molecule has 4 aromatic rings. The summed E-state index contributed by atoms with van der Waals surface area (Å²) < 4.78 is 3.73. The van der Waals surface area contributed by atoms with Crippen LogP contribution in [0.25, 0.3) is 11.5 Å². The lowest BCUT2D eigenvalue weighted by Gasteiger charge is -2.12. The van der Waals surface area contributed by atoms with E-state index in [1.54, 1.807) is 29.3 Å². The van der Waals surface area contributed by atoms with Crippen molar-refractivity contribution in [1.82, 2.24) is 19.3 Å². The number of benzene rings is 1. The number of amides is 1. The fourth-order valence-electron chi connectivity index (χ4n) is 3.42. The zero-order chi connectivity index (χ0) is 19.7. The number of carbonyl (C=O) groups is 1. The summed E-state index contributed by atoms with van der Waals surface area (Å²) in [6, 6.07) is 15.6. The minimum Gasteiger partial charge on any atom is -0.319 e. The van der Waals surface area contributed by atoms with Gasteiger partial charge in [0.1, 0.15) is 0 Å². The minimum atomic E-state index is -0.173. The van der Waals surface area contributed by atoms with Gasteiger partial charge in [-0.25, -0.2) is 9.67 Å². The highest BCUT2D eigenvalue weighted by Gasteiger charge is 2.18. The van der Waals surface area contributed by atoms with Crippen molar-refractivity contribution < 1.29 is 4.79 Å². The third kappa shape index (κ3) is 3.20. The lowest BCUT2D eigenvalue weighted by atomic mass is 10.2. The molecule has 4 rings (SSSR count). The highest BCUT2D eigenvalue weighted by atomic mass is 16.1. The van der Waals surface area contributed by atoms with Crippen LogP contribution in [0.5, 0.6) is 0 Å². The van der Waals surface area contributed by atoms with Crippen LogP contribution in [0.4, 0.5) is 5.69 Å². The van der Waals surface area contributed by atoms with Crippen molar-refractivity contribution in [1.29, 1.82) is 0 Å². The summed E-state index contributed by atoms with van der Waals surface area (Å²) in [5.74, 6) is 0.404. The fraction of sp³-hybridized carbons (Fsp3) is 0.136. The molecule has 0 aliphatic heterocycles. The van der Waals surface area contributed by atoms with Crippen LogP contribution < -0.4 is 5.32 Å². The summed E-state index contributed by atoms with van der Waals surface area (Å²) >= 11 is 0. The number of nitrogens with zero attached hydrogens (tertiary/aromatic N) is 4. The van der Waals surface area contributed by atoms with Gasteiger partial charge in [-0.05, 0) is 62.7 Å². The van der Waals surface area contributed by atoms with Crippen molar-refractivity contribution in [3.63, 3.8) is 0 Å². The number of carbonyl (C=O) groups excluding carboxylic acids is 1. The van der Waals surface area contributed by atoms with Crippen molar-refractivity contribution in [2.24, 2.45) is 0 Å². The molecule has 0 spiro atoms. The van der Waals surface area contributed by atoms with Crippen molar-refractivity contribution in [3.05, 3.63) is 89.6 Å². The average molecular weight is 371 g/mol. The van der Waals surface area contributed by atoms with Gasteiger partial charge < -0.3 is 9.88 Å². The fourth-order valence-corrected chi connectivity index (χ4v) is 3.42. The molecular formula is C22H21N5O. The van der Waals surface area contributed by atoms with E-state index in [4.69, 9.17) is 0 Å². The summed E-state index contributed by atoms with van der Waals surface area (Å²) in [6.07, 6.45) is 5.15. The third-order valence-electron chi connectivity index (χ3n) is 4.69. The molecular weight excluding hydrogens is 350 g/mol. The van der Waals surface area contributed by atoms with Crippen molar-refractivity contribution in [2.75, 3.05) is 5.32 Å². The van der Waals surface area contributed by atoms with Gasteiger partial charge in [-0.1, -0.05) is 12.1 Å². The Morgan fingerprint density at radius 3 is 2.61 bits per heavy atom. The SMILES string of the molecule is Cc1cccc(-n2c(C)cc(C(=O)Nc3cccnc3-n3cccn3)c2C)c1. The largest absolute Gasteiger partial charge is 0.319 e. The summed E-state index contributed by atoms with van der Waals surface area (Å²) in [6.45, 7) is 6.03. The molecule has 6 nitrogen and oxygen atoms in total. The van der Waals surface area contributed by atoms with E-state index in [1.165, 1.54) is 5.56 Å². The lowest BCUT2D eigenvalue weighted by molar-refractivity contribution is 0.102. The van der Waals surface area contributed by atoms with Gasteiger partial charge in [0.05, 0.1) is 11.3 Å². The number of aryl methyl sites for hydroxylation is 2. The molecule has 3 aromatic heterocycles. The number of aromatic nitrogens is 4. The maximum atomic E-state index is 13.0. The first-order chi connectivity index (χ1) is 13.5. The normalized spacial score (nSPS) is 10.8. The Morgan fingerprint density at radius 1 is 1.00 bits per heavy atom. The van der Waals surface area contributed by atoms with Crippen molar-refractivity contribution in [3.8, 4) is 11.5 Å². The van der Waals surface area contributed by atoms with E-state index >= 15 is 0 Å². The van der Waals surface area contributed by atoms with Crippen LogP contribution in [0.3, 0.4) is 0 Å². The molecule has 0 aliphatic rings. The van der Waals surface area contributed by atoms with Crippen LogP contribution in [-0.2, 0) is 0 Å². The Labute approximate surface area is 163 Å². The average Bonchev–Trinajstić information content (AvgIpc) is 3.30. The van der Waals surface area contributed by atoms with Gasteiger partial charge in [0, 0.05) is 35.7 Å². The number of anilines is 1. The molecule has 28 heavy (non-hydrogen) atoms. The van der Waals surface area contributed by atoms with Gasteiger partial charge in [-0.15, -0.1) is 0 Å². The minimum absolute atomic E-state index is 0.173. The second-order valence-corrected chi connectivity index (χ2v) is 6.74. The second kappa shape index (κ2) is 7.15. The van der Waals surface area contributed by atoms with E-state index in [2.05, 4.69) is 39.0 Å². The van der Waals surface area contributed by atoms with Gasteiger partial charge in [0.25, 0.3) is 5.91 Å². The Kier molecular flexibility index (Phi) is 4.53.